The second-order valence-electron chi connectivity index (χ2n) is 2.36. The van der Waals surface area contributed by atoms with Crippen molar-refractivity contribution in [3.63, 3.8) is 0 Å². The predicted molar refractivity (Wildman–Crippen MR) is 50.2 cm³/mol. The molecule has 1 aromatic rings. The van der Waals surface area contributed by atoms with Gasteiger partial charge in [0.2, 0.25) is 5.88 Å². The Balaban J connectivity index is 2.92. The number of ether oxygens (including phenoxy) is 1. The van der Waals surface area contributed by atoms with Gasteiger partial charge in [0.05, 0.1) is 6.61 Å². The van der Waals surface area contributed by atoms with Crippen molar-refractivity contribution >= 4 is 24.2 Å². The van der Waals surface area contributed by atoms with Crippen molar-refractivity contribution in [3.8, 4) is 5.88 Å². The molecule has 0 unspecified atom stereocenters. The molecule has 13 heavy (non-hydrogen) atoms. The Hall–Kier alpha value is -0.775. The summed E-state index contributed by atoms with van der Waals surface area (Å²) < 4.78 is 5.07. The maximum Gasteiger partial charge on any atom is 0.490 e. The molecule has 0 radical (unpaired) electrons. The summed E-state index contributed by atoms with van der Waals surface area (Å²) in [7, 11) is -1.55. The van der Waals surface area contributed by atoms with Crippen molar-refractivity contribution in [3.05, 3.63) is 17.3 Å². The Bertz CT molecular complexity index is 295. The number of aromatic nitrogens is 1. The van der Waals surface area contributed by atoms with Gasteiger partial charge in [-0.25, -0.2) is 4.98 Å². The molecule has 0 saturated carbocycles. The zero-order valence-corrected chi connectivity index (χ0v) is 7.82. The second kappa shape index (κ2) is 4.46. The maximum atomic E-state index is 8.79. The van der Waals surface area contributed by atoms with Gasteiger partial charge in [-0.3, -0.25) is 0 Å². The third-order valence-electron chi connectivity index (χ3n) is 1.41. The molecule has 70 valence electrons. The molecule has 0 aliphatic heterocycles. The molecule has 0 saturated heterocycles. The normalized spacial score (nSPS) is 9.85. The molecule has 1 heterocycles. The first kappa shape index (κ1) is 10.3. The summed E-state index contributed by atoms with van der Waals surface area (Å²) >= 11 is 5.74. The molecule has 0 aliphatic rings. The largest absolute Gasteiger partial charge is 0.490 e. The number of nitrogens with zero attached hydrogens (tertiary/aromatic N) is 1. The summed E-state index contributed by atoms with van der Waals surface area (Å²) in [6.07, 6.45) is 1.31. The maximum absolute atomic E-state index is 8.79. The fourth-order valence-corrected chi connectivity index (χ4v) is 1.05. The quantitative estimate of drug-likeness (QED) is 0.666. The first-order valence-electron chi connectivity index (χ1n) is 3.79. The molecule has 2 N–H and O–H groups in total. The second-order valence-corrected chi connectivity index (χ2v) is 2.77. The molecule has 0 fully saturated rings. The zero-order chi connectivity index (χ0) is 9.84. The SMILES string of the molecule is CCOc1ncc(B(O)O)cc1Cl. The van der Waals surface area contributed by atoms with Crippen LogP contribution >= 0.6 is 11.6 Å². The summed E-state index contributed by atoms with van der Waals surface area (Å²) in [5, 5.41) is 17.8. The Morgan fingerprint density at radius 1 is 1.62 bits per heavy atom. The topological polar surface area (TPSA) is 62.6 Å². The molecule has 6 heteroatoms. The summed E-state index contributed by atoms with van der Waals surface area (Å²) in [6.45, 7) is 2.28. The van der Waals surface area contributed by atoms with Gasteiger partial charge in [0.15, 0.2) is 0 Å². The molecule has 0 spiro atoms. The monoisotopic (exact) mass is 201 g/mol. The van der Waals surface area contributed by atoms with E-state index in [2.05, 4.69) is 4.98 Å². The lowest BCUT2D eigenvalue weighted by Gasteiger charge is -2.05. The average Bonchev–Trinajstić information content (AvgIpc) is 2.08. The zero-order valence-electron chi connectivity index (χ0n) is 7.07. The van der Waals surface area contributed by atoms with E-state index in [-0.39, 0.29) is 10.5 Å². The third kappa shape index (κ3) is 2.58. The minimum Gasteiger partial charge on any atom is -0.477 e. The highest BCUT2D eigenvalue weighted by atomic mass is 35.5. The van der Waals surface area contributed by atoms with E-state index in [1.54, 1.807) is 0 Å². The van der Waals surface area contributed by atoms with Crippen molar-refractivity contribution in [1.82, 2.24) is 4.98 Å². The summed E-state index contributed by atoms with van der Waals surface area (Å²) in [6, 6.07) is 1.41. The molecule has 1 aromatic heterocycles. The van der Waals surface area contributed by atoms with Crippen molar-refractivity contribution in [1.29, 1.82) is 0 Å². The molecule has 0 amide bonds. The number of halogens is 1. The lowest BCUT2D eigenvalue weighted by Crippen LogP contribution is -2.30. The van der Waals surface area contributed by atoms with Gasteiger partial charge in [0.25, 0.3) is 0 Å². The summed E-state index contributed by atoms with van der Waals surface area (Å²) in [4.78, 5) is 3.82. The number of rotatable bonds is 3. The molecule has 0 aromatic carbocycles. The van der Waals surface area contributed by atoms with Crippen LogP contribution in [0.25, 0.3) is 0 Å². The molecule has 4 nitrogen and oxygen atoms in total. The Kier molecular flexibility index (Phi) is 3.53. The van der Waals surface area contributed by atoms with Gasteiger partial charge in [-0.2, -0.15) is 0 Å². The Labute approximate surface area is 81.3 Å². The highest BCUT2D eigenvalue weighted by molar-refractivity contribution is 6.58. The van der Waals surface area contributed by atoms with E-state index in [1.165, 1.54) is 12.3 Å². The van der Waals surface area contributed by atoms with Crippen LogP contribution in [0.5, 0.6) is 5.88 Å². The van der Waals surface area contributed by atoms with Crippen molar-refractivity contribution < 1.29 is 14.8 Å². The minimum atomic E-state index is -1.55. The molecular formula is C7H9BClNO3. The number of hydrogen-bond acceptors (Lipinski definition) is 4. The van der Waals surface area contributed by atoms with Gasteiger partial charge in [-0.1, -0.05) is 11.6 Å². The molecule has 0 bridgehead atoms. The smallest absolute Gasteiger partial charge is 0.477 e. The van der Waals surface area contributed by atoms with E-state index >= 15 is 0 Å². The Morgan fingerprint density at radius 2 is 2.31 bits per heavy atom. The highest BCUT2D eigenvalue weighted by Gasteiger charge is 2.13. The first-order chi connectivity index (χ1) is 6.15. The van der Waals surface area contributed by atoms with Gasteiger partial charge in [-0.15, -0.1) is 0 Å². The highest BCUT2D eigenvalue weighted by Crippen LogP contribution is 2.18. The average molecular weight is 201 g/mol. The van der Waals surface area contributed by atoms with Crippen molar-refractivity contribution in [2.24, 2.45) is 0 Å². The van der Waals surface area contributed by atoms with Gasteiger partial charge in [0, 0.05) is 11.7 Å². The fraction of sp³-hybridized carbons (Fsp3) is 0.286. The van der Waals surface area contributed by atoms with E-state index < -0.39 is 7.12 Å². The van der Waals surface area contributed by atoms with Crippen LogP contribution in [0, 0.1) is 0 Å². The molecule has 0 aliphatic carbocycles. The first-order valence-corrected chi connectivity index (χ1v) is 4.17. The summed E-state index contributed by atoms with van der Waals surface area (Å²) in [5.74, 6) is 0.300. The van der Waals surface area contributed by atoms with E-state index in [1.807, 2.05) is 6.92 Å². The minimum absolute atomic E-state index is 0.244. The molecular weight excluding hydrogens is 192 g/mol. The lowest BCUT2D eigenvalue weighted by molar-refractivity contribution is 0.327. The van der Waals surface area contributed by atoms with Crippen molar-refractivity contribution in [2.75, 3.05) is 6.61 Å². The van der Waals surface area contributed by atoms with E-state index in [4.69, 9.17) is 26.4 Å². The predicted octanol–water partition coefficient (Wildman–Crippen LogP) is -0.186. The third-order valence-corrected chi connectivity index (χ3v) is 1.68. The van der Waals surface area contributed by atoms with Gasteiger partial charge < -0.3 is 14.8 Å². The van der Waals surface area contributed by atoms with Gasteiger partial charge in [-0.05, 0) is 13.0 Å². The van der Waals surface area contributed by atoms with Crippen LogP contribution in [0.2, 0.25) is 5.02 Å². The fourth-order valence-electron chi connectivity index (χ4n) is 0.824. The molecule has 1 rings (SSSR count). The van der Waals surface area contributed by atoms with Crippen LogP contribution in [0.1, 0.15) is 6.92 Å². The van der Waals surface area contributed by atoms with Crippen LogP contribution in [0.15, 0.2) is 12.3 Å². The van der Waals surface area contributed by atoms with Crippen LogP contribution in [-0.4, -0.2) is 28.8 Å². The lowest BCUT2D eigenvalue weighted by atomic mass is 9.82. The van der Waals surface area contributed by atoms with Crippen LogP contribution < -0.4 is 10.2 Å². The Morgan fingerprint density at radius 3 is 2.77 bits per heavy atom. The van der Waals surface area contributed by atoms with Crippen LogP contribution in [0.4, 0.5) is 0 Å². The molecule has 0 atom stereocenters. The number of hydrogen-bond donors (Lipinski definition) is 2. The van der Waals surface area contributed by atoms with E-state index in [0.717, 1.165) is 0 Å². The van der Waals surface area contributed by atoms with Crippen LogP contribution in [0.3, 0.4) is 0 Å². The standard InChI is InChI=1S/C7H9BClNO3/c1-2-13-7-6(9)3-5(4-10-7)8(11)12/h3-4,11-12H,2H2,1H3. The van der Waals surface area contributed by atoms with Crippen molar-refractivity contribution in [2.45, 2.75) is 6.92 Å². The van der Waals surface area contributed by atoms with E-state index in [9.17, 15) is 0 Å². The van der Waals surface area contributed by atoms with Crippen LogP contribution in [-0.2, 0) is 0 Å². The van der Waals surface area contributed by atoms with E-state index in [0.29, 0.717) is 12.5 Å². The summed E-state index contributed by atoms with van der Waals surface area (Å²) in [5.41, 5.74) is 0.244. The van der Waals surface area contributed by atoms with Gasteiger partial charge in [0.1, 0.15) is 5.02 Å². The van der Waals surface area contributed by atoms with Gasteiger partial charge >= 0.3 is 7.12 Å². The number of pyridine rings is 1.